The number of hydrogen-bond acceptors (Lipinski definition) is 2. The smallest absolute Gasteiger partial charge is 0.145 e. The number of para-hydroxylation sites is 1. The largest absolute Gasteiger partial charge is 0.455 e. The molecule has 0 saturated carbocycles. The van der Waals surface area contributed by atoms with Gasteiger partial charge >= 0.3 is 0 Å². The standard InChI is InChI=1S/C54H35NO/c1-2-12-36(13-3-1)38-22-24-39(25-23-38)40-28-30-44(31-29-40)55(51-35-42-16-6-7-17-45(42)47-18-8-9-19-48(47)51)50-33-32-46(43-27-26-37-14-4-5-15-41(37)34-43)54-53(50)49-20-10-11-21-52(49)56-54/h1-35H. The SMILES string of the molecule is c1ccc(-c2ccc(-c3ccc(N(c4cc5ccccc5c5ccccc45)c4ccc(-c5ccc6ccccc6c5)c5oc6ccccc6c45)cc3)cc2)cc1. The molecule has 2 heteroatoms. The Morgan fingerprint density at radius 3 is 1.62 bits per heavy atom. The van der Waals surface area contributed by atoms with E-state index in [1.54, 1.807) is 0 Å². The summed E-state index contributed by atoms with van der Waals surface area (Å²) in [6.45, 7) is 0. The van der Waals surface area contributed by atoms with Crippen LogP contribution in [0.5, 0.6) is 0 Å². The quantitative estimate of drug-likeness (QED) is 0.160. The summed E-state index contributed by atoms with van der Waals surface area (Å²) in [7, 11) is 0. The Hall–Kier alpha value is -7.42. The third-order valence-corrected chi connectivity index (χ3v) is 11.2. The van der Waals surface area contributed by atoms with E-state index in [0.29, 0.717) is 0 Å². The molecule has 11 rings (SSSR count). The Kier molecular flexibility index (Phi) is 7.53. The lowest BCUT2D eigenvalue weighted by molar-refractivity contribution is 0.670. The monoisotopic (exact) mass is 713 g/mol. The maximum Gasteiger partial charge on any atom is 0.145 e. The molecule has 0 unspecified atom stereocenters. The van der Waals surface area contributed by atoms with Crippen LogP contribution in [0, 0.1) is 0 Å². The minimum atomic E-state index is 0.870. The van der Waals surface area contributed by atoms with Gasteiger partial charge in [0.15, 0.2) is 0 Å². The minimum Gasteiger partial charge on any atom is -0.455 e. The van der Waals surface area contributed by atoms with Crippen molar-refractivity contribution in [3.8, 4) is 33.4 Å². The van der Waals surface area contributed by atoms with Crippen LogP contribution >= 0.6 is 0 Å². The van der Waals surface area contributed by atoms with Crippen LogP contribution in [0.3, 0.4) is 0 Å². The highest BCUT2D eigenvalue weighted by Gasteiger charge is 2.24. The van der Waals surface area contributed by atoms with E-state index in [4.69, 9.17) is 4.42 Å². The van der Waals surface area contributed by atoms with Crippen LogP contribution in [0.4, 0.5) is 17.1 Å². The van der Waals surface area contributed by atoms with Crippen molar-refractivity contribution in [2.24, 2.45) is 0 Å². The van der Waals surface area contributed by atoms with Gasteiger partial charge in [-0.15, -0.1) is 0 Å². The van der Waals surface area contributed by atoms with Gasteiger partial charge in [0.1, 0.15) is 11.2 Å². The van der Waals surface area contributed by atoms with Crippen molar-refractivity contribution in [3.05, 3.63) is 212 Å². The second-order valence-electron chi connectivity index (χ2n) is 14.5. The van der Waals surface area contributed by atoms with E-state index in [2.05, 4.69) is 217 Å². The summed E-state index contributed by atoms with van der Waals surface area (Å²) in [4.78, 5) is 2.44. The van der Waals surface area contributed by atoms with Crippen molar-refractivity contribution in [1.82, 2.24) is 0 Å². The van der Waals surface area contributed by atoms with E-state index < -0.39 is 0 Å². The van der Waals surface area contributed by atoms with E-state index in [-0.39, 0.29) is 0 Å². The number of fused-ring (bicyclic) bond motifs is 7. The van der Waals surface area contributed by atoms with Gasteiger partial charge in [-0.25, -0.2) is 0 Å². The first-order valence-electron chi connectivity index (χ1n) is 19.2. The van der Waals surface area contributed by atoms with Crippen LogP contribution in [0.15, 0.2) is 217 Å². The minimum absolute atomic E-state index is 0.870. The number of rotatable bonds is 6. The first-order valence-corrected chi connectivity index (χ1v) is 19.2. The summed E-state index contributed by atoms with van der Waals surface area (Å²) in [6.07, 6.45) is 0. The predicted molar refractivity (Wildman–Crippen MR) is 237 cm³/mol. The van der Waals surface area contributed by atoms with E-state index in [9.17, 15) is 0 Å². The molecule has 0 aliphatic rings. The van der Waals surface area contributed by atoms with Crippen molar-refractivity contribution in [2.45, 2.75) is 0 Å². The summed E-state index contributed by atoms with van der Waals surface area (Å²) < 4.78 is 6.86. The second-order valence-corrected chi connectivity index (χ2v) is 14.5. The van der Waals surface area contributed by atoms with Gasteiger partial charge in [0, 0.05) is 22.0 Å². The molecule has 0 saturated heterocycles. The van der Waals surface area contributed by atoms with Crippen molar-refractivity contribution < 1.29 is 4.42 Å². The van der Waals surface area contributed by atoms with Gasteiger partial charge in [0.05, 0.1) is 16.8 Å². The van der Waals surface area contributed by atoms with Crippen molar-refractivity contribution >= 4 is 71.3 Å². The molecular formula is C54H35NO. The normalized spacial score (nSPS) is 11.6. The van der Waals surface area contributed by atoms with Gasteiger partial charge < -0.3 is 9.32 Å². The Morgan fingerprint density at radius 1 is 0.321 bits per heavy atom. The lowest BCUT2D eigenvalue weighted by Gasteiger charge is -2.29. The van der Waals surface area contributed by atoms with Gasteiger partial charge in [-0.3, -0.25) is 0 Å². The molecule has 0 fully saturated rings. The molecule has 0 spiro atoms. The highest BCUT2D eigenvalue weighted by molar-refractivity contribution is 6.20. The summed E-state index contributed by atoms with van der Waals surface area (Å²) >= 11 is 0. The van der Waals surface area contributed by atoms with Gasteiger partial charge in [-0.2, -0.15) is 0 Å². The Morgan fingerprint density at radius 2 is 0.875 bits per heavy atom. The summed E-state index contributed by atoms with van der Waals surface area (Å²) in [5.74, 6) is 0. The Labute approximate surface area is 325 Å². The first kappa shape index (κ1) is 32.0. The molecule has 0 amide bonds. The summed E-state index contributed by atoms with van der Waals surface area (Å²) in [5, 5.41) is 9.45. The lowest BCUT2D eigenvalue weighted by Crippen LogP contribution is -2.11. The topological polar surface area (TPSA) is 16.4 Å². The second kappa shape index (κ2) is 13.2. The van der Waals surface area contributed by atoms with Crippen LogP contribution in [-0.4, -0.2) is 0 Å². The predicted octanol–water partition coefficient (Wildman–Crippen LogP) is 15.5. The highest BCUT2D eigenvalue weighted by atomic mass is 16.3. The number of furan rings is 1. The number of anilines is 3. The fourth-order valence-electron chi connectivity index (χ4n) is 8.50. The van der Waals surface area contributed by atoms with E-state index in [0.717, 1.165) is 50.1 Å². The summed E-state index contributed by atoms with van der Waals surface area (Å²) in [6, 6.07) is 76.4. The molecule has 11 aromatic rings. The molecule has 56 heavy (non-hydrogen) atoms. The van der Waals surface area contributed by atoms with Gasteiger partial charge in [-0.1, -0.05) is 170 Å². The fourth-order valence-corrected chi connectivity index (χ4v) is 8.50. The van der Waals surface area contributed by atoms with Gasteiger partial charge in [-0.05, 0) is 97.2 Å². The van der Waals surface area contributed by atoms with Crippen LogP contribution < -0.4 is 4.90 Å². The van der Waals surface area contributed by atoms with Crippen LogP contribution in [-0.2, 0) is 0 Å². The molecule has 0 atom stereocenters. The molecule has 0 bridgehead atoms. The van der Waals surface area contributed by atoms with E-state index in [1.807, 2.05) is 0 Å². The zero-order chi connectivity index (χ0) is 37.0. The number of benzene rings is 10. The molecule has 0 radical (unpaired) electrons. The Bertz CT molecular complexity index is 3230. The van der Waals surface area contributed by atoms with Crippen molar-refractivity contribution in [1.29, 1.82) is 0 Å². The van der Waals surface area contributed by atoms with Crippen molar-refractivity contribution in [3.63, 3.8) is 0 Å². The van der Waals surface area contributed by atoms with Crippen LogP contribution in [0.25, 0.3) is 87.6 Å². The maximum atomic E-state index is 6.86. The zero-order valence-corrected chi connectivity index (χ0v) is 30.6. The average Bonchev–Trinajstić information content (AvgIpc) is 3.67. The Balaban J connectivity index is 1.14. The molecule has 1 aromatic heterocycles. The summed E-state index contributed by atoms with van der Waals surface area (Å²) in [5.41, 5.74) is 12.0. The molecule has 0 aliphatic heterocycles. The zero-order valence-electron chi connectivity index (χ0n) is 30.6. The third kappa shape index (κ3) is 5.34. The maximum absolute atomic E-state index is 6.86. The lowest BCUT2D eigenvalue weighted by atomic mass is 9.96. The number of hydrogen-bond donors (Lipinski definition) is 0. The molecule has 0 N–H and O–H groups in total. The first-order chi connectivity index (χ1) is 27.8. The molecule has 1 heterocycles. The average molecular weight is 714 g/mol. The van der Waals surface area contributed by atoms with Gasteiger partial charge in [0.25, 0.3) is 0 Å². The molecule has 2 nitrogen and oxygen atoms in total. The van der Waals surface area contributed by atoms with E-state index in [1.165, 1.54) is 54.6 Å². The molecule has 262 valence electrons. The highest BCUT2D eigenvalue weighted by Crippen LogP contribution is 2.49. The molecule has 10 aromatic carbocycles. The van der Waals surface area contributed by atoms with Crippen molar-refractivity contribution in [2.75, 3.05) is 4.90 Å². The van der Waals surface area contributed by atoms with E-state index >= 15 is 0 Å². The number of nitrogens with zero attached hydrogens (tertiary/aromatic N) is 1. The van der Waals surface area contributed by atoms with Crippen LogP contribution in [0.1, 0.15) is 0 Å². The van der Waals surface area contributed by atoms with Crippen LogP contribution in [0.2, 0.25) is 0 Å². The fraction of sp³-hybridized carbons (Fsp3) is 0. The molecular weight excluding hydrogens is 679 g/mol. The van der Waals surface area contributed by atoms with Gasteiger partial charge in [0.2, 0.25) is 0 Å². The molecule has 0 aliphatic carbocycles. The third-order valence-electron chi connectivity index (χ3n) is 11.2.